The summed E-state index contributed by atoms with van der Waals surface area (Å²) in [4.78, 5) is 12.3. The Morgan fingerprint density at radius 1 is 0.889 bits per heavy atom. The smallest absolute Gasteiger partial charge is 0.144 e. The second-order valence-corrected chi connectivity index (χ2v) is 4.47. The van der Waals surface area contributed by atoms with E-state index in [1.54, 1.807) is 0 Å². The van der Waals surface area contributed by atoms with Crippen molar-refractivity contribution < 1.29 is 4.79 Å². The van der Waals surface area contributed by atoms with Crippen molar-refractivity contribution in [2.75, 3.05) is 0 Å². The van der Waals surface area contributed by atoms with Gasteiger partial charge in [0.2, 0.25) is 0 Å². The summed E-state index contributed by atoms with van der Waals surface area (Å²) in [6.07, 6.45) is 1.53. The average Bonchev–Trinajstić information content (AvgIpc) is 2.42. The van der Waals surface area contributed by atoms with E-state index in [9.17, 15) is 4.79 Å². The van der Waals surface area contributed by atoms with Crippen LogP contribution in [0, 0.1) is 0 Å². The van der Waals surface area contributed by atoms with E-state index in [0.717, 1.165) is 17.5 Å². The Morgan fingerprint density at radius 3 is 1.72 bits per heavy atom. The molecule has 0 aliphatic heterocycles. The zero-order chi connectivity index (χ0) is 12.8. The fourth-order valence-corrected chi connectivity index (χ4v) is 2.25. The summed E-state index contributed by atoms with van der Waals surface area (Å²) >= 11 is 0. The molecule has 1 heteroatoms. The molecule has 0 aromatic heterocycles. The van der Waals surface area contributed by atoms with E-state index < -0.39 is 0 Å². The molecule has 0 heterocycles. The minimum atomic E-state index is -0.118. The molecule has 0 atom stereocenters. The molecule has 0 aliphatic carbocycles. The van der Waals surface area contributed by atoms with Crippen LogP contribution >= 0.6 is 0 Å². The van der Waals surface area contributed by atoms with Crippen LogP contribution < -0.4 is 0 Å². The van der Waals surface area contributed by atoms with Gasteiger partial charge in [-0.15, -0.1) is 0 Å². The zero-order valence-electron chi connectivity index (χ0n) is 10.7. The third kappa shape index (κ3) is 2.86. The van der Waals surface area contributed by atoms with Crippen molar-refractivity contribution in [3.8, 4) is 0 Å². The predicted molar refractivity (Wildman–Crippen MR) is 74.6 cm³/mol. The molecular weight excluding hydrogens is 220 g/mol. The Kier molecular flexibility index (Phi) is 4.30. The Balaban J connectivity index is 2.38. The molecule has 0 N–H and O–H groups in total. The van der Waals surface area contributed by atoms with Crippen LogP contribution in [0.1, 0.15) is 36.8 Å². The lowest BCUT2D eigenvalue weighted by atomic mass is 9.86. The quantitative estimate of drug-likeness (QED) is 0.763. The third-order valence-corrected chi connectivity index (χ3v) is 3.08. The largest absolute Gasteiger partial charge is 0.299 e. The first kappa shape index (κ1) is 12.6. The Hall–Kier alpha value is -1.89. The maximum absolute atomic E-state index is 12.3. The van der Waals surface area contributed by atoms with Crippen LogP contribution in [0.5, 0.6) is 0 Å². The summed E-state index contributed by atoms with van der Waals surface area (Å²) in [6, 6.07) is 20.1. The van der Waals surface area contributed by atoms with Crippen molar-refractivity contribution in [1.29, 1.82) is 0 Å². The van der Waals surface area contributed by atoms with E-state index in [2.05, 4.69) is 0 Å². The zero-order valence-corrected chi connectivity index (χ0v) is 10.7. The SMILES string of the molecule is CCCC(=O)C(c1ccccc1)c1ccccc1. The summed E-state index contributed by atoms with van der Waals surface area (Å²) in [5, 5.41) is 0. The highest BCUT2D eigenvalue weighted by atomic mass is 16.1. The molecule has 0 amide bonds. The molecular formula is C17H18O. The Morgan fingerprint density at radius 2 is 1.33 bits per heavy atom. The Labute approximate surface area is 108 Å². The van der Waals surface area contributed by atoms with Crippen molar-refractivity contribution in [3.05, 3.63) is 71.8 Å². The van der Waals surface area contributed by atoms with Gasteiger partial charge in [0, 0.05) is 6.42 Å². The standard InChI is InChI=1S/C17H18O/c1-2-9-16(18)17(14-10-5-3-6-11-14)15-12-7-4-8-13-15/h3-8,10-13,17H,2,9H2,1H3. The molecule has 0 saturated carbocycles. The van der Waals surface area contributed by atoms with Crippen molar-refractivity contribution in [1.82, 2.24) is 0 Å². The molecule has 92 valence electrons. The van der Waals surface area contributed by atoms with Gasteiger partial charge < -0.3 is 0 Å². The van der Waals surface area contributed by atoms with Gasteiger partial charge in [-0.1, -0.05) is 67.6 Å². The summed E-state index contributed by atoms with van der Waals surface area (Å²) in [7, 11) is 0. The van der Waals surface area contributed by atoms with Crippen LogP contribution in [0.2, 0.25) is 0 Å². The Bertz CT molecular complexity index is 448. The number of carbonyl (C=O) groups is 1. The molecule has 0 spiro atoms. The van der Waals surface area contributed by atoms with E-state index in [1.165, 1.54) is 0 Å². The first-order chi connectivity index (χ1) is 8.83. The average molecular weight is 238 g/mol. The van der Waals surface area contributed by atoms with Gasteiger partial charge in [0.25, 0.3) is 0 Å². The van der Waals surface area contributed by atoms with Gasteiger partial charge in [0.05, 0.1) is 5.92 Å². The van der Waals surface area contributed by atoms with E-state index in [4.69, 9.17) is 0 Å². The summed E-state index contributed by atoms with van der Waals surface area (Å²) < 4.78 is 0. The first-order valence-corrected chi connectivity index (χ1v) is 6.45. The van der Waals surface area contributed by atoms with Crippen LogP contribution in [-0.2, 0) is 4.79 Å². The number of ketones is 1. The first-order valence-electron chi connectivity index (χ1n) is 6.45. The fraction of sp³-hybridized carbons (Fsp3) is 0.235. The monoisotopic (exact) mass is 238 g/mol. The van der Waals surface area contributed by atoms with Gasteiger partial charge in [-0.2, -0.15) is 0 Å². The molecule has 0 unspecified atom stereocenters. The molecule has 1 nitrogen and oxygen atoms in total. The second-order valence-electron chi connectivity index (χ2n) is 4.47. The number of rotatable bonds is 5. The minimum absolute atomic E-state index is 0.118. The minimum Gasteiger partial charge on any atom is -0.299 e. The topological polar surface area (TPSA) is 17.1 Å². The van der Waals surface area contributed by atoms with Crippen LogP contribution in [0.3, 0.4) is 0 Å². The van der Waals surface area contributed by atoms with Gasteiger partial charge in [-0.3, -0.25) is 4.79 Å². The van der Waals surface area contributed by atoms with Crippen molar-refractivity contribution >= 4 is 5.78 Å². The van der Waals surface area contributed by atoms with E-state index in [0.29, 0.717) is 12.2 Å². The van der Waals surface area contributed by atoms with Gasteiger partial charge in [-0.25, -0.2) is 0 Å². The van der Waals surface area contributed by atoms with E-state index in [1.807, 2.05) is 67.6 Å². The fourth-order valence-electron chi connectivity index (χ4n) is 2.25. The number of benzene rings is 2. The molecule has 0 radical (unpaired) electrons. The molecule has 0 bridgehead atoms. The summed E-state index contributed by atoms with van der Waals surface area (Å²) in [5.74, 6) is 0.183. The lowest BCUT2D eigenvalue weighted by Gasteiger charge is -2.16. The van der Waals surface area contributed by atoms with Crippen molar-refractivity contribution in [2.24, 2.45) is 0 Å². The van der Waals surface area contributed by atoms with Gasteiger partial charge in [-0.05, 0) is 17.5 Å². The maximum atomic E-state index is 12.3. The lowest BCUT2D eigenvalue weighted by Crippen LogP contribution is -2.13. The molecule has 2 rings (SSSR count). The van der Waals surface area contributed by atoms with Crippen molar-refractivity contribution in [2.45, 2.75) is 25.7 Å². The van der Waals surface area contributed by atoms with Gasteiger partial charge in [0.15, 0.2) is 0 Å². The number of carbonyl (C=O) groups excluding carboxylic acids is 1. The van der Waals surface area contributed by atoms with Gasteiger partial charge >= 0.3 is 0 Å². The molecule has 0 saturated heterocycles. The van der Waals surface area contributed by atoms with Crippen LogP contribution in [-0.4, -0.2) is 5.78 Å². The number of hydrogen-bond donors (Lipinski definition) is 0. The molecule has 0 aliphatic rings. The normalized spacial score (nSPS) is 10.6. The summed E-state index contributed by atoms with van der Waals surface area (Å²) in [6.45, 7) is 2.05. The highest BCUT2D eigenvalue weighted by molar-refractivity contribution is 5.89. The molecule has 0 fully saturated rings. The van der Waals surface area contributed by atoms with Crippen LogP contribution in [0.15, 0.2) is 60.7 Å². The second kappa shape index (κ2) is 6.15. The van der Waals surface area contributed by atoms with Crippen LogP contribution in [0.25, 0.3) is 0 Å². The van der Waals surface area contributed by atoms with Gasteiger partial charge in [0.1, 0.15) is 5.78 Å². The highest BCUT2D eigenvalue weighted by Crippen LogP contribution is 2.26. The lowest BCUT2D eigenvalue weighted by molar-refractivity contribution is -0.119. The molecule has 2 aromatic rings. The predicted octanol–water partition coefficient (Wildman–Crippen LogP) is 4.19. The molecule has 18 heavy (non-hydrogen) atoms. The third-order valence-electron chi connectivity index (χ3n) is 3.08. The van der Waals surface area contributed by atoms with E-state index >= 15 is 0 Å². The molecule has 2 aromatic carbocycles. The highest BCUT2D eigenvalue weighted by Gasteiger charge is 2.21. The number of Topliss-reactive ketones (excluding diaryl/α,β-unsaturated/α-hetero) is 1. The van der Waals surface area contributed by atoms with Crippen molar-refractivity contribution in [3.63, 3.8) is 0 Å². The van der Waals surface area contributed by atoms with Crippen LogP contribution in [0.4, 0.5) is 0 Å². The number of hydrogen-bond acceptors (Lipinski definition) is 1. The van der Waals surface area contributed by atoms with E-state index in [-0.39, 0.29) is 5.92 Å². The maximum Gasteiger partial charge on any atom is 0.144 e. The summed E-state index contributed by atoms with van der Waals surface area (Å²) in [5.41, 5.74) is 2.17.